The number of rotatable bonds is 4. The lowest BCUT2D eigenvalue weighted by molar-refractivity contribution is 0.385. The van der Waals surface area contributed by atoms with E-state index in [1.165, 1.54) is 13.2 Å². The number of hydrogen-bond acceptors (Lipinski definition) is 2. The number of ether oxygens (including phenoxy) is 1. The summed E-state index contributed by atoms with van der Waals surface area (Å²) in [7, 11) is 1.45. The third-order valence-corrected chi connectivity index (χ3v) is 4.36. The minimum Gasteiger partial charge on any atom is -0.494 e. The number of methoxy groups -OCH3 is 1. The molecule has 0 fully saturated rings. The van der Waals surface area contributed by atoms with Crippen LogP contribution in [0.2, 0.25) is 5.02 Å². The van der Waals surface area contributed by atoms with Crippen molar-refractivity contribution in [1.82, 2.24) is 0 Å². The van der Waals surface area contributed by atoms with Crippen molar-refractivity contribution >= 4 is 33.2 Å². The van der Waals surface area contributed by atoms with E-state index in [-0.39, 0.29) is 17.6 Å². The second kappa shape index (κ2) is 6.67. The maximum absolute atomic E-state index is 13.5. The van der Waals surface area contributed by atoms with Gasteiger partial charge in [0.05, 0.1) is 12.8 Å². The molecule has 0 amide bonds. The molecule has 112 valence electrons. The quantitative estimate of drug-likeness (QED) is 0.740. The predicted molar refractivity (Wildman–Crippen MR) is 88.9 cm³/mol. The van der Waals surface area contributed by atoms with E-state index < -0.39 is 0 Å². The van der Waals surface area contributed by atoms with Gasteiger partial charge in [0.25, 0.3) is 0 Å². The van der Waals surface area contributed by atoms with Crippen molar-refractivity contribution in [3.8, 4) is 5.75 Å². The van der Waals surface area contributed by atoms with Crippen LogP contribution in [0.5, 0.6) is 5.75 Å². The topological polar surface area (TPSA) is 21.3 Å². The summed E-state index contributed by atoms with van der Waals surface area (Å²) in [6.07, 6.45) is 0. The van der Waals surface area contributed by atoms with Crippen molar-refractivity contribution in [2.75, 3.05) is 12.4 Å². The third kappa shape index (κ3) is 3.69. The molecule has 0 bridgehead atoms. The molecule has 0 spiro atoms. The van der Waals surface area contributed by atoms with Crippen LogP contribution in [0.4, 0.5) is 10.1 Å². The maximum atomic E-state index is 13.5. The molecule has 2 aromatic carbocycles. The highest BCUT2D eigenvalue weighted by Gasteiger charge is 2.12. The van der Waals surface area contributed by atoms with E-state index in [1.54, 1.807) is 12.1 Å². The molecule has 1 N–H and O–H groups in total. The smallest absolute Gasteiger partial charge is 0.165 e. The van der Waals surface area contributed by atoms with Gasteiger partial charge in [-0.2, -0.15) is 0 Å². The highest BCUT2D eigenvalue weighted by Crippen LogP contribution is 2.32. The van der Waals surface area contributed by atoms with Gasteiger partial charge >= 0.3 is 0 Å². The second-order valence-electron chi connectivity index (χ2n) is 4.84. The van der Waals surface area contributed by atoms with Crippen molar-refractivity contribution < 1.29 is 9.13 Å². The van der Waals surface area contributed by atoms with Crippen LogP contribution < -0.4 is 10.1 Å². The van der Waals surface area contributed by atoms with Crippen LogP contribution in [0.1, 0.15) is 24.1 Å². The lowest BCUT2D eigenvalue weighted by atomic mass is 10.1. The van der Waals surface area contributed by atoms with Gasteiger partial charge < -0.3 is 10.1 Å². The average molecular weight is 373 g/mol. The minimum absolute atomic E-state index is 0.0189. The SMILES string of the molecule is COc1cc(C(C)Nc2cc(Cl)c(C)cc2Br)ccc1F. The maximum Gasteiger partial charge on any atom is 0.165 e. The summed E-state index contributed by atoms with van der Waals surface area (Å²) >= 11 is 9.67. The molecule has 5 heteroatoms. The van der Waals surface area contributed by atoms with Gasteiger partial charge in [-0.25, -0.2) is 4.39 Å². The zero-order valence-electron chi connectivity index (χ0n) is 12.0. The zero-order chi connectivity index (χ0) is 15.6. The molecule has 1 atom stereocenters. The lowest BCUT2D eigenvalue weighted by Gasteiger charge is -2.18. The van der Waals surface area contributed by atoms with Crippen LogP contribution in [0.15, 0.2) is 34.8 Å². The van der Waals surface area contributed by atoms with Crippen LogP contribution in [0, 0.1) is 12.7 Å². The Morgan fingerprint density at radius 3 is 2.67 bits per heavy atom. The zero-order valence-corrected chi connectivity index (χ0v) is 14.3. The lowest BCUT2D eigenvalue weighted by Crippen LogP contribution is -2.08. The van der Waals surface area contributed by atoms with Crippen LogP contribution in [-0.4, -0.2) is 7.11 Å². The summed E-state index contributed by atoms with van der Waals surface area (Å²) in [5.41, 5.74) is 2.82. The van der Waals surface area contributed by atoms with Gasteiger partial charge in [0.15, 0.2) is 11.6 Å². The van der Waals surface area contributed by atoms with Gasteiger partial charge in [-0.15, -0.1) is 0 Å². The summed E-state index contributed by atoms with van der Waals surface area (Å²) in [5.74, 6) is -0.129. The number of halogens is 3. The first-order valence-corrected chi connectivity index (χ1v) is 7.65. The van der Waals surface area contributed by atoms with Crippen LogP contribution in [0.25, 0.3) is 0 Å². The van der Waals surface area contributed by atoms with E-state index in [0.29, 0.717) is 5.02 Å². The number of aryl methyl sites for hydroxylation is 1. The predicted octanol–water partition coefficient (Wildman–Crippen LogP) is 5.73. The first-order valence-electron chi connectivity index (χ1n) is 6.48. The molecule has 0 aromatic heterocycles. The standard InChI is InChI=1S/C16H16BrClFNO/c1-9-6-12(17)15(8-13(9)18)20-10(2)11-4-5-14(19)16(7-11)21-3/h4-8,10,20H,1-3H3. The van der Waals surface area contributed by atoms with Gasteiger partial charge in [-0.05, 0) is 65.2 Å². The number of anilines is 1. The molecule has 0 aliphatic heterocycles. The number of hydrogen-bond donors (Lipinski definition) is 1. The molecule has 0 heterocycles. The van der Waals surface area contributed by atoms with Gasteiger partial charge in [-0.3, -0.25) is 0 Å². The highest BCUT2D eigenvalue weighted by molar-refractivity contribution is 9.10. The van der Waals surface area contributed by atoms with E-state index >= 15 is 0 Å². The molecule has 0 aliphatic rings. The van der Waals surface area contributed by atoms with Crippen molar-refractivity contribution in [3.63, 3.8) is 0 Å². The first-order chi connectivity index (χ1) is 9.92. The van der Waals surface area contributed by atoms with Crippen LogP contribution in [0.3, 0.4) is 0 Å². The number of nitrogens with one attached hydrogen (secondary N) is 1. The van der Waals surface area contributed by atoms with E-state index in [9.17, 15) is 4.39 Å². The second-order valence-corrected chi connectivity index (χ2v) is 6.10. The molecule has 2 aromatic rings. The summed E-state index contributed by atoms with van der Waals surface area (Å²) in [4.78, 5) is 0. The van der Waals surface area contributed by atoms with Crippen molar-refractivity contribution in [2.45, 2.75) is 19.9 Å². The Balaban J connectivity index is 2.25. The monoisotopic (exact) mass is 371 g/mol. The molecule has 0 saturated carbocycles. The average Bonchev–Trinajstić information content (AvgIpc) is 2.45. The Bertz CT molecular complexity index is 663. The number of benzene rings is 2. The van der Waals surface area contributed by atoms with Crippen molar-refractivity contribution in [1.29, 1.82) is 0 Å². The van der Waals surface area contributed by atoms with E-state index in [1.807, 2.05) is 26.0 Å². The minimum atomic E-state index is -0.368. The Kier molecular flexibility index (Phi) is 5.12. The molecular formula is C16H16BrClFNO. The Labute approximate surface area is 137 Å². The molecular weight excluding hydrogens is 357 g/mol. The van der Waals surface area contributed by atoms with Gasteiger partial charge in [-0.1, -0.05) is 17.7 Å². The molecule has 2 nitrogen and oxygen atoms in total. The van der Waals surface area contributed by atoms with Gasteiger partial charge in [0.2, 0.25) is 0 Å². The van der Waals surface area contributed by atoms with Crippen molar-refractivity contribution in [3.05, 3.63) is 56.8 Å². The van der Waals surface area contributed by atoms with Crippen LogP contribution >= 0.6 is 27.5 Å². The Hall–Kier alpha value is -1.26. The molecule has 21 heavy (non-hydrogen) atoms. The van der Waals surface area contributed by atoms with Gasteiger partial charge in [0, 0.05) is 15.5 Å². The van der Waals surface area contributed by atoms with Gasteiger partial charge in [0.1, 0.15) is 0 Å². The molecule has 1 unspecified atom stereocenters. The normalized spacial score (nSPS) is 12.1. The molecule has 0 saturated heterocycles. The first kappa shape index (κ1) is 16.1. The Morgan fingerprint density at radius 2 is 2.00 bits per heavy atom. The fourth-order valence-corrected chi connectivity index (χ4v) is 2.76. The molecule has 0 radical (unpaired) electrons. The summed E-state index contributed by atoms with van der Waals surface area (Å²) in [6.45, 7) is 3.94. The molecule has 0 aliphatic carbocycles. The van der Waals surface area contributed by atoms with Crippen molar-refractivity contribution in [2.24, 2.45) is 0 Å². The van der Waals surface area contributed by atoms with Crippen LogP contribution in [-0.2, 0) is 0 Å². The fourth-order valence-electron chi connectivity index (χ4n) is 2.02. The summed E-state index contributed by atoms with van der Waals surface area (Å²) in [6, 6.07) is 8.65. The van der Waals surface area contributed by atoms with E-state index in [0.717, 1.165) is 21.3 Å². The van der Waals surface area contributed by atoms with E-state index in [2.05, 4.69) is 21.2 Å². The highest BCUT2D eigenvalue weighted by atomic mass is 79.9. The fraction of sp³-hybridized carbons (Fsp3) is 0.250. The van der Waals surface area contributed by atoms with E-state index in [4.69, 9.17) is 16.3 Å². The molecule has 2 rings (SSSR count). The largest absolute Gasteiger partial charge is 0.494 e. The summed E-state index contributed by atoms with van der Waals surface area (Å²) < 4.78 is 19.4. The Morgan fingerprint density at radius 1 is 1.29 bits per heavy atom. The summed E-state index contributed by atoms with van der Waals surface area (Å²) in [5, 5.41) is 4.05. The third-order valence-electron chi connectivity index (χ3n) is 3.30.